The number of nitrogen functional groups attached to an aromatic ring is 1. The zero-order valence-electron chi connectivity index (χ0n) is 11.4. The van der Waals surface area contributed by atoms with Crippen LogP contribution in [0.4, 0.5) is 10.2 Å². The van der Waals surface area contributed by atoms with Gasteiger partial charge in [0.2, 0.25) is 0 Å². The van der Waals surface area contributed by atoms with Crippen molar-refractivity contribution in [3.63, 3.8) is 0 Å². The number of hydrogen-bond donors (Lipinski definition) is 1. The summed E-state index contributed by atoms with van der Waals surface area (Å²) in [5, 5.41) is 0. The molecule has 0 atom stereocenters. The molecule has 1 aromatic heterocycles. The van der Waals surface area contributed by atoms with Gasteiger partial charge in [0.25, 0.3) is 0 Å². The van der Waals surface area contributed by atoms with Crippen molar-refractivity contribution >= 4 is 11.8 Å². The van der Waals surface area contributed by atoms with Gasteiger partial charge >= 0.3 is 5.97 Å². The summed E-state index contributed by atoms with van der Waals surface area (Å²) in [5.41, 5.74) is 5.80. The molecule has 21 heavy (non-hydrogen) atoms. The Balaban J connectivity index is 2.03. The molecule has 2 aromatic rings. The lowest BCUT2D eigenvalue weighted by molar-refractivity contribution is 0.0526. The van der Waals surface area contributed by atoms with E-state index in [1.165, 1.54) is 30.5 Å². The van der Waals surface area contributed by atoms with Gasteiger partial charge in [-0.1, -0.05) is 0 Å². The molecule has 0 unspecified atom stereocenters. The SMILES string of the molecule is CCOC(=O)c1cnc(COc2ccc(F)cc2)nc1N. The fraction of sp³-hybridized carbons (Fsp3) is 0.214. The van der Waals surface area contributed by atoms with Crippen LogP contribution < -0.4 is 10.5 Å². The second-order valence-corrected chi connectivity index (χ2v) is 4.05. The fourth-order valence-electron chi connectivity index (χ4n) is 1.55. The number of aromatic nitrogens is 2. The first kappa shape index (κ1) is 14.7. The van der Waals surface area contributed by atoms with Crippen molar-refractivity contribution in [1.29, 1.82) is 0 Å². The van der Waals surface area contributed by atoms with Gasteiger partial charge in [0.1, 0.15) is 29.6 Å². The van der Waals surface area contributed by atoms with Crippen LogP contribution in [0.5, 0.6) is 5.75 Å². The summed E-state index contributed by atoms with van der Waals surface area (Å²) >= 11 is 0. The predicted molar refractivity (Wildman–Crippen MR) is 73.1 cm³/mol. The van der Waals surface area contributed by atoms with E-state index in [2.05, 4.69) is 9.97 Å². The van der Waals surface area contributed by atoms with E-state index < -0.39 is 5.97 Å². The summed E-state index contributed by atoms with van der Waals surface area (Å²) in [7, 11) is 0. The Morgan fingerprint density at radius 1 is 1.33 bits per heavy atom. The topological polar surface area (TPSA) is 87.3 Å². The van der Waals surface area contributed by atoms with Crippen LogP contribution in [0.15, 0.2) is 30.5 Å². The van der Waals surface area contributed by atoms with Crippen LogP contribution in [-0.2, 0) is 11.3 Å². The van der Waals surface area contributed by atoms with E-state index in [-0.39, 0.29) is 30.4 Å². The zero-order valence-corrected chi connectivity index (χ0v) is 11.4. The Bertz CT molecular complexity index is 632. The summed E-state index contributed by atoms with van der Waals surface area (Å²) in [4.78, 5) is 19.5. The van der Waals surface area contributed by atoms with Crippen molar-refractivity contribution in [3.05, 3.63) is 47.7 Å². The molecule has 0 bridgehead atoms. The molecule has 0 amide bonds. The summed E-state index contributed by atoms with van der Waals surface area (Å²) in [6.45, 7) is 1.99. The van der Waals surface area contributed by atoms with Crippen LogP contribution in [-0.4, -0.2) is 22.5 Å². The van der Waals surface area contributed by atoms with Crippen LogP contribution in [0.2, 0.25) is 0 Å². The van der Waals surface area contributed by atoms with Crippen LogP contribution >= 0.6 is 0 Å². The standard InChI is InChI=1S/C14H14FN3O3/c1-2-20-14(19)11-7-17-12(18-13(11)16)8-21-10-5-3-9(15)4-6-10/h3-7H,2,8H2,1H3,(H2,16,17,18). The number of nitrogens with two attached hydrogens (primary N) is 1. The highest BCUT2D eigenvalue weighted by atomic mass is 19.1. The molecule has 2 rings (SSSR count). The average Bonchev–Trinajstić information content (AvgIpc) is 2.47. The van der Waals surface area contributed by atoms with Gasteiger partial charge in [-0.3, -0.25) is 0 Å². The summed E-state index contributed by atoms with van der Waals surface area (Å²) in [6.07, 6.45) is 1.30. The maximum atomic E-state index is 12.7. The smallest absolute Gasteiger partial charge is 0.343 e. The summed E-state index contributed by atoms with van der Waals surface area (Å²) < 4.78 is 23.0. The fourth-order valence-corrected chi connectivity index (χ4v) is 1.55. The van der Waals surface area contributed by atoms with Crippen LogP contribution in [0.25, 0.3) is 0 Å². The van der Waals surface area contributed by atoms with Gasteiger partial charge in [-0.15, -0.1) is 0 Å². The molecule has 6 nitrogen and oxygen atoms in total. The number of esters is 1. The Kier molecular flexibility index (Phi) is 4.65. The van der Waals surface area contributed by atoms with E-state index in [9.17, 15) is 9.18 Å². The third kappa shape index (κ3) is 3.88. The van der Waals surface area contributed by atoms with Crippen molar-refractivity contribution in [3.8, 4) is 5.75 Å². The van der Waals surface area contributed by atoms with E-state index in [1.807, 2.05) is 0 Å². The molecule has 0 saturated heterocycles. The number of carbonyl (C=O) groups excluding carboxylic acids is 1. The summed E-state index contributed by atoms with van der Waals surface area (Å²) in [6, 6.07) is 5.56. The summed E-state index contributed by atoms with van der Waals surface area (Å²) in [5.74, 6) is -0.0956. The number of anilines is 1. The van der Waals surface area contributed by atoms with Crippen molar-refractivity contribution in [1.82, 2.24) is 9.97 Å². The molecular weight excluding hydrogens is 277 g/mol. The molecule has 0 fully saturated rings. The molecule has 2 N–H and O–H groups in total. The monoisotopic (exact) mass is 291 g/mol. The van der Waals surface area contributed by atoms with Crippen LogP contribution in [0.1, 0.15) is 23.1 Å². The van der Waals surface area contributed by atoms with Crippen LogP contribution in [0, 0.1) is 5.82 Å². The van der Waals surface area contributed by atoms with E-state index in [0.717, 1.165) is 0 Å². The first-order chi connectivity index (χ1) is 10.1. The minimum Gasteiger partial charge on any atom is -0.486 e. The van der Waals surface area contributed by atoms with E-state index in [1.54, 1.807) is 6.92 Å². The predicted octanol–water partition coefficient (Wildman–Crippen LogP) is 1.95. The molecular formula is C14H14FN3O3. The van der Waals surface area contributed by atoms with Gasteiger partial charge in [0.15, 0.2) is 5.82 Å². The lowest BCUT2D eigenvalue weighted by Crippen LogP contribution is -2.12. The number of halogens is 1. The molecule has 0 radical (unpaired) electrons. The van der Waals surface area contributed by atoms with Crippen molar-refractivity contribution < 1.29 is 18.7 Å². The lowest BCUT2D eigenvalue weighted by Gasteiger charge is -2.07. The Labute approximate surface area is 120 Å². The maximum absolute atomic E-state index is 12.7. The molecule has 0 aliphatic heterocycles. The minimum atomic E-state index is -0.569. The third-order valence-corrected chi connectivity index (χ3v) is 2.55. The molecule has 110 valence electrons. The van der Waals surface area contributed by atoms with E-state index in [0.29, 0.717) is 11.6 Å². The minimum absolute atomic E-state index is 0.0288. The number of hydrogen-bond acceptors (Lipinski definition) is 6. The Morgan fingerprint density at radius 3 is 2.67 bits per heavy atom. The largest absolute Gasteiger partial charge is 0.486 e. The first-order valence-corrected chi connectivity index (χ1v) is 6.27. The van der Waals surface area contributed by atoms with Crippen molar-refractivity contribution in [2.75, 3.05) is 12.3 Å². The lowest BCUT2D eigenvalue weighted by atomic mass is 10.3. The van der Waals surface area contributed by atoms with Gasteiger partial charge in [0.05, 0.1) is 6.61 Å². The number of rotatable bonds is 5. The van der Waals surface area contributed by atoms with Crippen LogP contribution in [0.3, 0.4) is 0 Å². The normalized spacial score (nSPS) is 10.2. The number of benzene rings is 1. The second kappa shape index (κ2) is 6.65. The average molecular weight is 291 g/mol. The third-order valence-electron chi connectivity index (χ3n) is 2.55. The highest BCUT2D eigenvalue weighted by Crippen LogP contribution is 2.14. The molecule has 1 aromatic carbocycles. The number of carbonyl (C=O) groups is 1. The Morgan fingerprint density at radius 2 is 2.05 bits per heavy atom. The zero-order chi connectivity index (χ0) is 15.2. The second-order valence-electron chi connectivity index (χ2n) is 4.05. The van der Waals surface area contributed by atoms with E-state index in [4.69, 9.17) is 15.2 Å². The number of nitrogens with zero attached hydrogens (tertiary/aromatic N) is 2. The van der Waals surface area contributed by atoms with Crippen molar-refractivity contribution in [2.24, 2.45) is 0 Å². The first-order valence-electron chi connectivity index (χ1n) is 6.27. The van der Waals surface area contributed by atoms with Gasteiger partial charge in [-0.25, -0.2) is 19.2 Å². The molecule has 7 heteroatoms. The van der Waals surface area contributed by atoms with E-state index >= 15 is 0 Å². The molecule has 0 saturated carbocycles. The van der Waals surface area contributed by atoms with Gasteiger partial charge in [-0.2, -0.15) is 0 Å². The molecule has 0 aliphatic carbocycles. The molecule has 0 spiro atoms. The van der Waals surface area contributed by atoms with Gasteiger partial charge < -0.3 is 15.2 Å². The number of ether oxygens (including phenoxy) is 2. The molecule has 0 aliphatic rings. The van der Waals surface area contributed by atoms with Crippen molar-refractivity contribution in [2.45, 2.75) is 13.5 Å². The van der Waals surface area contributed by atoms with Gasteiger partial charge in [0, 0.05) is 6.20 Å². The molecule has 1 heterocycles. The highest BCUT2D eigenvalue weighted by molar-refractivity contribution is 5.93. The Hall–Kier alpha value is -2.70. The van der Waals surface area contributed by atoms with Gasteiger partial charge in [-0.05, 0) is 31.2 Å². The highest BCUT2D eigenvalue weighted by Gasteiger charge is 2.13. The maximum Gasteiger partial charge on any atom is 0.343 e. The quantitative estimate of drug-likeness (QED) is 0.847.